The smallest absolute Gasteiger partial charge is 0.259 e. The third-order valence-electron chi connectivity index (χ3n) is 5.97. The largest absolute Gasteiger partial charge is 0.507 e. The Hall–Kier alpha value is -3.23. The van der Waals surface area contributed by atoms with E-state index < -0.39 is 6.04 Å². The summed E-state index contributed by atoms with van der Waals surface area (Å²) in [5.41, 5.74) is 1.78. The lowest BCUT2D eigenvalue weighted by atomic mass is 9.97. The van der Waals surface area contributed by atoms with E-state index in [0.717, 1.165) is 37.6 Å². The molecule has 1 aliphatic rings. The van der Waals surface area contributed by atoms with Crippen molar-refractivity contribution in [1.29, 1.82) is 0 Å². The quantitative estimate of drug-likeness (QED) is 0.609. The number of piperazine rings is 1. The van der Waals surface area contributed by atoms with Gasteiger partial charge in [0.25, 0.3) is 5.56 Å². The fraction of sp³-hybridized carbons (Fsp3) is 0.375. The summed E-state index contributed by atoms with van der Waals surface area (Å²) in [4.78, 5) is 26.8. The van der Waals surface area contributed by atoms with Crippen LogP contribution in [0.15, 0.2) is 59.8 Å². The second kappa shape index (κ2) is 9.93. The lowest BCUT2D eigenvalue weighted by Crippen LogP contribution is -2.49. The van der Waals surface area contributed by atoms with Gasteiger partial charge in [-0.1, -0.05) is 12.1 Å². The molecule has 0 aromatic carbocycles. The van der Waals surface area contributed by atoms with Gasteiger partial charge < -0.3 is 19.3 Å². The van der Waals surface area contributed by atoms with Crippen LogP contribution in [0.3, 0.4) is 0 Å². The Kier molecular flexibility index (Phi) is 6.82. The highest BCUT2D eigenvalue weighted by molar-refractivity contribution is 5.42. The second-order valence-corrected chi connectivity index (χ2v) is 7.93. The van der Waals surface area contributed by atoms with Gasteiger partial charge in [-0.3, -0.25) is 14.7 Å². The molecule has 4 heterocycles. The molecule has 0 aliphatic carbocycles. The Morgan fingerprint density at radius 1 is 1.12 bits per heavy atom. The molecule has 1 aliphatic heterocycles. The molecule has 8 heteroatoms. The number of ether oxygens (including phenoxy) is 1. The van der Waals surface area contributed by atoms with Gasteiger partial charge in [0.1, 0.15) is 11.6 Å². The van der Waals surface area contributed by atoms with Crippen LogP contribution in [0.2, 0.25) is 0 Å². The molecular formula is C24H29N5O3. The molecule has 4 rings (SSSR count). The molecule has 168 valence electrons. The summed E-state index contributed by atoms with van der Waals surface area (Å²) < 4.78 is 6.86. The van der Waals surface area contributed by atoms with Crippen LogP contribution >= 0.6 is 0 Å². The molecule has 3 aromatic rings. The van der Waals surface area contributed by atoms with E-state index in [2.05, 4.69) is 19.8 Å². The van der Waals surface area contributed by atoms with Crippen LogP contribution in [-0.4, -0.2) is 64.4 Å². The van der Waals surface area contributed by atoms with Crippen molar-refractivity contribution in [3.05, 3.63) is 82.2 Å². The zero-order valence-electron chi connectivity index (χ0n) is 18.5. The molecule has 0 spiro atoms. The van der Waals surface area contributed by atoms with E-state index in [1.54, 1.807) is 36.3 Å². The summed E-state index contributed by atoms with van der Waals surface area (Å²) in [5.74, 6) is 0.965. The number of rotatable bonds is 7. The van der Waals surface area contributed by atoms with Crippen LogP contribution in [0.25, 0.3) is 0 Å². The number of aromatic nitrogens is 3. The van der Waals surface area contributed by atoms with E-state index >= 15 is 0 Å². The minimum atomic E-state index is -0.392. The first-order chi connectivity index (χ1) is 15.6. The van der Waals surface area contributed by atoms with E-state index in [1.165, 1.54) is 0 Å². The maximum absolute atomic E-state index is 13.5. The summed E-state index contributed by atoms with van der Waals surface area (Å²) in [6, 6.07) is 11.0. The van der Waals surface area contributed by atoms with E-state index in [0.29, 0.717) is 24.4 Å². The fourth-order valence-corrected chi connectivity index (χ4v) is 4.33. The van der Waals surface area contributed by atoms with Crippen molar-refractivity contribution in [3.63, 3.8) is 0 Å². The average molecular weight is 436 g/mol. The van der Waals surface area contributed by atoms with Gasteiger partial charge in [0.2, 0.25) is 0 Å². The topological polar surface area (TPSA) is 83.7 Å². The van der Waals surface area contributed by atoms with E-state index in [9.17, 15) is 9.90 Å². The van der Waals surface area contributed by atoms with Crippen molar-refractivity contribution in [2.24, 2.45) is 0 Å². The third-order valence-corrected chi connectivity index (χ3v) is 5.97. The standard InChI is InChI=1S/C24H29N5O3/c1-18-16-20(30)22(24(31)29(18)14-15-32-2)23(19-6-5-8-25-17-19)28-12-10-27(11-13-28)21-7-3-4-9-26-21/h3-9,16-17,23,30H,10-15H2,1-2H3/t23-/m0/s1. The average Bonchev–Trinajstić information content (AvgIpc) is 2.83. The van der Waals surface area contributed by atoms with Crippen LogP contribution in [0.4, 0.5) is 5.82 Å². The van der Waals surface area contributed by atoms with Crippen molar-refractivity contribution in [2.45, 2.75) is 19.5 Å². The number of hydrogen-bond acceptors (Lipinski definition) is 7. The van der Waals surface area contributed by atoms with Crippen LogP contribution in [0.5, 0.6) is 5.75 Å². The predicted molar refractivity (Wildman–Crippen MR) is 123 cm³/mol. The van der Waals surface area contributed by atoms with Gasteiger partial charge >= 0.3 is 0 Å². The third kappa shape index (κ3) is 4.51. The molecule has 1 N–H and O–H groups in total. The number of nitrogens with zero attached hydrogens (tertiary/aromatic N) is 5. The fourth-order valence-electron chi connectivity index (χ4n) is 4.33. The van der Waals surface area contributed by atoms with Crippen molar-refractivity contribution in [3.8, 4) is 5.75 Å². The number of pyridine rings is 3. The zero-order chi connectivity index (χ0) is 22.5. The Morgan fingerprint density at radius 2 is 1.94 bits per heavy atom. The minimum Gasteiger partial charge on any atom is -0.507 e. The Bertz CT molecular complexity index is 1080. The van der Waals surface area contributed by atoms with Crippen LogP contribution < -0.4 is 10.5 Å². The molecule has 3 aromatic heterocycles. The van der Waals surface area contributed by atoms with Crippen LogP contribution in [0, 0.1) is 6.92 Å². The molecule has 0 amide bonds. The van der Waals surface area contributed by atoms with Gasteiger partial charge in [0.05, 0.1) is 18.2 Å². The number of hydrogen-bond donors (Lipinski definition) is 1. The molecule has 1 saturated heterocycles. The van der Waals surface area contributed by atoms with Crippen molar-refractivity contribution in [1.82, 2.24) is 19.4 Å². The number of anilines is 1. The molecule has 0 bridgehead atoms. The zero-order valence-corrected chi connectivity index (χ0v) is 18.5. The van der Waals surface area contributed by atoms with Crippen molar-refractivity contribution < 1.29 is 9.84 Å². The molecule has 1 fully saturated rings. The van der Waals surface area contributed by atoms with Gasteiger partial charge in [-0.05, 0) is 36.8 Å². The highest BCUT2D eigenvalue weighted by Gasteiger charge is 2.31. The first-order valence-electron chi connectivity index (χ1n) is 10.8. The lowest BCUT2D eigenvalue weighted by Gasteiger charge is -2.40. The predicted octanol–water partition coefficient (Wildman–Crippen LogP) is 2.21. The highest BCUT2D eigenvalue weighted by Crippen LogP contribution is 2.33. The van der Waals surface area contributed by atoms with Crippen molar-refractivity contribution >= 4 is 5.82 Å². The minimum absolute atomic E-state index is 0.0159. The van der Waals surface area contributed by atoms with Gasteiger partial charge in [0, 0.05) is 64.1 Å². The molecule has 0 radical (unpaired) electrons. The molecule has 1 atom stereocenters. The Labute approximate surface area is 187 Å². The van der Waals surface area contributed by atoms with Crippen LogP contribution in [-0.2, 0) is 11.3 Å². The summed E-state index contributed by atoms with van der Waals surface area (Å²) in [5, 5.41) is 10.9. The highest BCUT2D eigenvalue weighted by atomic mass is 16.5. The molecule has 32 heavy (non-hydrogen) atoms. The van der Waals surface area contributed by atoms with Crippen molar-refractivity contribution in [2.75, 3.05) is 44.8 Å². The Morgan fingerprint density at radius 3 is 2.59 bits per heavy atom. The van der Waals surface area contributed by atoms with E-state index in [-0.39, 0.29) is 11.3 Å². The molecule has 0 unspecified atom stereocenters. The first-order valence-corrected chi connectivity index (χ1v) is 10.8. The monoisotopic (exact) mass is 435 g/mol. The number of methoxy groups -OCH3 is 1. The molecular weight excluding hydrogens is 406 g/mol. The van der Waals surface area contributed by atoms with Gasteiger partial charge in [-0.25, -0.2) is 4.98 Å². The molecule has 8 nitrogen and oxygen atoms in total. The normalized spacial score (nSPS) is 15.6. The maximum Gasteiger partial charge on any atom is 0.259 e. The van der Waals surface area contributed by atoms with Gasteiger partial charge in [0.15, 0.2) is 0 Å². The number of aryl methyl sites for hydroxylation is 1. The number of aromatic hydroxyl groups is 1. The first kappa shape index (κ1) is 22.0. The summed E-state index contributed by atoms with van der Waals surface area (Å²) >= 11 is 0. The summed E-state index contributed by atoms with van der Waals surface area (Å²) in [7, 11) is 1.61. The second-order valence-electron chi connectivity index (χ2n) is 7.93. The van der Waals surface area contributed by atoms with E-state index in [1.807, 2.05) is 37.3 Å². The van der Waals surface area contributed by atoms with Gasteiger partial charge in [-0.15, -0.1) is 0 Å². The van der Waals surface area contributed by atoms with E-state index in [4.69, 9.17) is 4.74 Å². The summed E-state index contributed by atoms with van der Waals surface area (Å²) in [6.07, 6.45) is 5.28. The SMILES string of the molecule is COCCn1c(C)cc(O)c([C@H](c2cccnc2)N2CCN(c3ccccn3)CC2)c1=O. The van der Waals surface area contributed by atoms with Crippen LogP contribution in [0.1, 0.15) is 22.9 Å². The maximum atomic E-state index is 13.5. The summed E-state index contributed by atoms with van der Waals surface area (Å²) in [6.45, 7) is 5.68. The molecule has 0 saturated carbocycles. The lowest BCUT2D eigenvalue weighted by molar-refractivity contribution is 0.183. The Balaban J connectivity index is 1.70. The van der Waals surface area contributed by atoms with Gasteiger partial charge in [-0.2, -0.15) is 0 Å².